The summed E-state index contributed by atoms with van der Waals surface area (Å²) in [5.41, 5.74) is 4.91. The second-order valence-corrected chi connectivity index (χ2v) is 8.80. The number of nitrogens with one attached hydrogen (secondary N) is 1. The van der Waals surface area contributed by atoms with Gasteiger partial charge in [-0.2, -0.15) is 0 Å². The van der Waals surface area contributed by atoms with Crippen LogP contribution in [-0.4, -0.2) is 46.6 Å². The van der Waals surface area contributed by atoms with Crippen molar-refractivity contribution in [2.24, 2.45) is 0 Å². The minimum absolute atomic E-state index is 0.713. The maximum Gasteiger partial charge on any atom is 0.200 e. The van der Waals surface area contributed by atoms with Gasteiger partial charge in [-0.25, -0.2) is 0 Å². The first-order chi connectivity index (χ1) is 13.8. The summed E-state index contributed by atoms with van der Waals surface area (Å²) in [5.74, 6) is 0. The van der Waals surface area contributed by atoms with Crippen molar-refractivity contribution in [1.29, 1.82) is 0 Å². The Morgan fingerprint density at radius 3 is 2.68 bits per heavy atom. The van der Waals surface area contributed by atoms with Gasteiger partial charge in [0.1, 0.15) is 5.52 Å². The van der Waals surface area contributed by atoms with Crippen LogP contribution in [-0.2, 0) is 24.3 Å². The average Bonchev–Trinajstić information content (AvgIpc) is 2.78. The van der Waals surface area contributed by atoms with Gasteiger partial charge in [-0.1, -0.05) is 30.3 Å². The van der Waals surface area contributed by atoms with Gasteiger partial charge in [0.2, 0.25) is 0 Å². The summed E-state index contributed by atoms with van der Waals surface area (Å²) in [4.78, 5) is 7.77. The van der Waals surface area contributed by atoms with Crippen molar-refractivity contribution in [1.82, 2.24) is 14.6 Å². The fourth-order valence-electron chi connectivity index (χ4n) is 4.26. The SMILES string of the molecule is [O-][S+](c1cccc2cccnc12)N1CCc2c(cccc2N2CCNCC2)C1. The molecule has 2 aliphatic rings. The number of rotatable bonds is 3. The monoisotopic (exact) mass is 392 g/mol. The second kappa shape index (κ2) is 7.72. The lowest BCUT2D eigenvalue weighted by Crippen LogP contribution is -2.44. The molecule has 5 rings (SSSR count). The number of benzene rings is 2. The molecule has 3 heterocycles. The Morgan fingerprint density at radius 2 is 1.79 bits per heavy atom. The molecule has 0 amide bonds. The van der Waals surface area contributed by atoms with Gasteiger partial charge in [-0.05, 0) is 35.7 Å². The summed E-state index contributed by atoms with van der Waals surface area (Å²) < 4.78 is 15.5. The van der Waals surface area contributed by atoms with Gasteiger partial charge >= 0.3 is 0 Å². The van der Waals surface area contributed by atoms with Crippen molar-refractivity contribution < 1.29 is 4.55 Å². The van der Waals surface area contributed by atoms with Crippen LogP contribution in [0.5, 0.6) is 0 Å². The molecule has 1 saturated heterocycles. The minimum atomic E-state index is -1.22. The number of hydrogen-bond acceptors (Lipinski definition) is 5. The third kappa shape index (κ3) is 3.26. The van der Waals surface area contributed by atoms with Gasteiger partial charge in [0.05, 0.1) is 17.9 Å². The van der Waals surface area contributed by atoms with E-state index >= 15 is 0 Å². The Labute approximate surface area is 168 Å². The van der Waals surface area contributed by atoms with Crippen molar-refractivity contribution >= 4 is 28.0 Å². The van der Waals surface area contributed by atoms with Crippen LogP contribution in [0, 0.1) is 0 Å². The zero-order chi connectivity index (χ0) is 18.9. The Kier molecular flexibility index (Phi) is 4.94. The number of anilines is 1. The average molecular weight is 393 g/mol. The van der Waals surface area contributed by atoms with Crippen molar-refractivity contribution in [2.45, 2.75) is 17.9 Å². The van der Waals surface area contributed by atoms with Crippen molar-refractivity contribution in [3.63, 3.8) is 0 Å². The summed E-state index contributed by atoms with van der Waals surface area (Å²) >= 11 is -1.22. The summed E-state index contributed by atoms with van der Waals surface area (Å²) in [6.45, 7) is 5.68. The summed E-state index contributed by atoms with van der Waals surface area (Å²) in [6, 6.07) is 16.4. The minimum Gasteiger partial charge on any atom is -0.593 e. The zero-order valence-electron chi connectivity index (χ0n) is 15.8. The fourth-order valence-corrected chi connectivity index (χ4v) is 5.59. The van der Waals surface area contributed by atoms with Gasteiger partial charge < -0.3 is 14.8 Å². The van der Waals surface area contributed by atoms with Crippen molar-refractivity contribution in [3.8, 4) is 0 Å². The molecule has 0 spiro atoms. The molecular weight excluding hydrogens is 368 g/mol. The van der Waals surface area contributed by atoms with E-state index in [0.29, 0.717) is 6.54 Å². The van der Waals surface area contributed by atoms with Crippen LogP contribution in [0.3, 0.4) is 0 Å². The molecule has 144 valence electrons. The van der Waals surface area contributed by atoms with Crippen LogP contribution in [0.15, 0.2) is 59.6 Å². The number of piperazine rings is 1. The molecule has 3 aromatic rings. The van der Waals surface area contributed by atoms with Crippen LogP contribution in [0.1, 0.15) is 11.1 Å². The number of nitrogens with zero attached hydrogens (tertiary/aromatic N) is 3. The van der Waals surface area contributed by atoms with Gasteiger partial charge in [0, 0.05) is 50.0 Å². The number of pyridine rings is 1. The molecular formula is C22H24N4OS. The molecule has 0 radical (unpaired) electrons. The smallest absolute Gasteiger partial charge is 0.200 e. The number of hydrogen-bond donors (Lipinski definition) is 1. The first-order valence-electron chi connectivity index (χ1n) is 9.88. The predicted molar refractivity (Wildman–Crippen MR) is 114 cm³/mol. The van der Waals surface area contributed by atoms with Gasteiger partial charge in [0.15, 0.2) is 4.90 Å². The molecule has 0 aliphatic carbocycles. The van der Waals surface area contributed by atoms with Crippen LogP contribution < -0.4 is 10.2 Å². The van der Waals surface area contributed by atoms with E-state index in [0.717, 1.165) is 54.9 Å². The third-order valence-electron chi connectivity index (χ3n) is 5.68. The Balaban J connectivity index is 1.43. The largest absolute Gasteiger partial charge is 0.593 e. The maximum atomic E-state index is 13.4. The van der Waals surface area contributed by atoms with Crippen molar-refractivity contribution in [2.75, 3.05) is 37.6 Å². The molecule has 0 bridgehead atoms. The standard InChI is InChI=1S/C22H24N4OS/c27-28(21-8-2-4-17-6-3-10-24-22(17)21)26-13-9-19-18(16-26)5-1-7-20(19)25-14-11-23-12-15-25/h1-8,10,23H,9,11-16H2. The zero-order valence-corrected chi connectivity index (χ0v) is 16.6. The van der Waals surface area contributed by atoms with Crippen LogP contribution in [0.4, 0.5) is 5.69 Å². The molecule has 28 heavy (non-hydrogen) atoms. The Morgan fingerprint density at radius 1 is 0.964 bits per heavy atom. The first kappa shape index (κ1) is 17.9. The molecule has 1 aromatic heterocycles. The molecule has 1 atom stereocenters. The quantitative estimate of drug-likeness (QED) is 0.695. The molecule has 2 aliphatic heterocycles. The number of para-hydroxylation sites is 1. The highest BCUT2D eigenvalue weighted by Gasteiger charge is 2.30. The number of aromatic nitrogens is 1. The molecule has 1 N–H and O–H groups in total. The molecule has 2 aromatic carbocycles. The number of fused-ring (bicyclic) bond motifs is 2. The highest BCUT2D eigenvalue weighted by atomic mass is 32.2. The molecule has 1 fully saturated rings. The van der Waals surface area contributed by atoms with E-state index in [9.17, 15) is 4.55 Å². The second-order valence-electron chi connectivity index (χ2n) is 7.35. The van der Waals surface area contributed by atoms with Crippen molar-refractivity contribution in [3.05, 3.63) is 65.9 Å². The third-order valence-corrected chi connectivity index (χ3v) is 7.17. The van der Waals surface area contributed by atoms with Crippen LogP contribution >= 0.6 is 0 Å². The lowest BCUT2D eigenvalue weighted by molar-refractivity contribution is 0.391. The lowest BCUT2D eigenvalue weighted by Gasteiger charge is -2.35. The molecule has 6 heteroatoms. The predicted octanol–water partition coefficient (Wildman–Crippen LogP) is 2.73. The highest BCUT2D eigenvalue weighted by molar-refractivity contribution is 7.89. The normalized spacial score (nSPS) is 18.8. The first-order valence-corrected chi connectivity index (χ1v) is 11.0. The van der Waals surface area contributed by atoms with E-state index in [4.69, 9.17) is 0 Å². The molecule has 5 nitrogen and oxygen atoms in total. The Hall–Kier alpha value is -2.12. The van der Waals surface area contributed by atoms with Gasteiger partial charge in [-0.15, -0.1) is 4.31 Å². The van der Waals surface area contributed by atoms with Crippen LogP contribution in [0.2, 0.25) is 0 Å². The highest BCUT2D eigenvalue weighted by Crippen LogP contribution is 2.32. The van der Waals surface area contributed by atoms with Crippen LogP contribution in [0.25, 0.3) is 10.9 Å². The van der Waals surface area contributed by atoms with E-state index in [1.807, 2.05) is 30.3 Å². The van der Waals surface area contributed by atoms with E-state index < -0.39 is 11.4 Å². The van der Waals surface area contributed by atoms with E-state index in [1.54, 1.807) is 6.20 Å². The lowest BCUT2D eigenvalue weighted by atomic mass is 9.98. The van der Waals surface area contributed by atoms with E-state index in [-0.39, 0.29) is 0 Å². The Bertz CT molecular complexity index is 984. The molecule has 0 saturated carbocycles. The fraction of sp³-hybridized carbons (Fsp3) is 0.318. The topological polar surface area (TPSA) is 54.5 Å². The van der Waals surface area contributed by atoms with E-state index in [1.165, 1.54) is 16.8 Å². The summed E-state index contributed by atoms with van der Waals surface area (Å²) in [6.07, 6.45) is 2.70. The summed E-state index contributed by atoms with van der Waals surface area (Å²) in [7, 11) is 0. The van der Waals surface area contributed by atoms with E-state index in [2.05, 4.69) is 37.7 Å². The summed E-state index contributed by atoms with van der Waals surface area (Å²) in [5, 5.41) is 4.46. The maximum absolute atomic E-state index is 13.4. The molecule has 1 unspecified atom stereocenters. The van der Waals surface area contributed by atoms with Gasteiger partial charge in [-0.3, -0.25) is 4.98 Å². The van der Waals surface area contributed by atoms with Gasteiger partial charge in [0.25, 0.3) is 0 Å².